The summed E-state index contributed by atoms with van der Waals surface area (Å²) in [6.07, 6.45) is 4.08. The second kappa shape index (κ2) is 28.9. The highest BCUT2D eigenvalue weighted by Gasteiger charge is 2.37. The van der Waals surface area contributed by atoms with E-state index < -0.39 is 5.91 Å². The van der Waals surface area contributed by atoms with Gasteiger partial charge in [-0.3, -0.25) is 57.5 Å². The van der Waals surface area contributed by atoms with Gasteiger partial charge in [0.1, 0.15) is 30.6 Å². The lowest BCUT2D eigenvalue weighted by atomic mass is 10.1. The van der Waals surface area contributed by atoms with Crippen molar-refractivity contribution < 1.29 is 52.3 Å². The number of rotatable bonds is 25. The van der Waals surface area contributed by atoms with Gasteiger partial charge in [0.15, 0.2) is 23.0 Å². The summed E-state index contributed by atoms with van der Waals surface area (Å²) in [6.45, 7) is 8.52. The summed E-state index contributed by atoms with van der Waals surface area (Å²) in [5.74, 6) is 2.73. The molecule has 1 unspecified atom stereocenters. The number of amides is 4. The minimum Gasteiger partial charge on any atom is -0.493 e. The lowest BCUT2D eigenvalue weighted by Crippen LogP contribution is -2.45. The Morgan fingerprint density at radius 2 is 0.967 bits per heavy atom. The molecule has 0 saturated carbocycles. The maximum atomic E-state index is 13.7. The predicted molar refractivity (Wildman–Crippen MR) is 338 cm³/mol. The van der Waals surface area contributed by atoms with Gasteiger partial charge in [-0.05, 0) is 129 Å². The van der Waals surface area contributed by atoms with Crippen LogP contribution in [0.25, 0.3) is 21.8 Å². The molecule has 2 saturated heterocycles. The highest BCUT2D eigenvalue weighted by atomic mass is 16.5. The fourth-order valence-corrected chi connectivity index (χ4v) is 12.1. The van der Waals surface area contributed by atoms with Crippen LogP contribution in [0.2, 0.25) is 0 Å². The molecule has 0 aliphatic carbocycles. The predicted octanol–water partition coefficient (Wildman–Crippen LogP) is 7.18. The molecular formula is C69H74N8O13. The fraction of sp³-hybridized carbons (Fsp3) is 0.362. The number of aryl methyl sites for hydroxylation is 2. The van der Waals surface area contributed by atoms with Gasteiger partial charge in [-0.15, -0.1) is 0 Å². The molecule has 6 heterocycles. The van der Waals surface area contributed by atoms with Gasteiger partial charge in [0, 0.05) is 72.3 Å². The average molecular weight is 1220 g/mol. The molecule has 0 spiro atoms. The lowest BCUT2D eigenvalue weighted by molar-refractivity contribution is -0.0627. The molecule has 0 radical (unpaired) electrons. The molecule has 21 heteroatoms. The van der Waals surface area contributed by atoms with E-state index in [0.717, 1.165) is 43.9 Å². The molecule has 468 valence electrons. The average Bonchev–Trinajstić information content (AvgIpc) is 2.50. The van der Waals surface area contributed by atoms with E-state index in [-0.39, 0.29) is 60.9 Å². The Morgan fingerprint density at radius 1 is 0.467 bits per heavy atom. The zero-order valence-corrected chi connectivity index (χ0v) is 51.2. The van der Waals surface area contributed by atoms with E-state index in [0.29, 0.717) is 143 Å². The summed E-state index contributed by atoms with van der Waals surface area (Å²) < 4.78 is 42.6. The van der Waals surface area contributed by atoms with Gasteiger partial charge >= 0.3 is 0 Å². The first kappa shape index (κ1) is 62.3. The number of likely N-dealkylation sites (tertiary alicyclic amines) is 1. The highest BCUT2D eigenvalue weighted by molar-refractivity contribution is 6.22. The topological polar surface area (TPSA) is 216 Å². The molecule has 4 aliphatic rings. The molecule has 6 aromatic carbocycles. The third-order valence-corrected chi connectivity index (χ3v) is 16.9. The van der Waals surface area contributed by atoms with Crippen LogP contribution in [0, 0.1) is 0 Å². The van der Waals surface area contributed by atoms with Crippen molar-refractivity contribution in [2.75, 3.05) is 107 Å². The summed E-state index contributed by atoms with van der Waals surface area (Å²) >= 11 is 0. The van der Waals surface area contributed by atoms with Crippen molar-refractivity contribution in [2.45, 2.75) is 57.7 Å². The SMILES string of the molecule is COCC1CN(CCOc2ccc3c(c2)C(=O)N(CCc2nc4ccccc4c(=O)n2CCc2ccc(OC)c(OC)c2)C3=O)CCO1.COc1ccc(CCn2c(CCN3C(=O)c4ccccc4C3=O)nc3ccccc3c2=O)cc1OCCN1CCCC1. The van der Waals surface area contributed by atoms with E-state index in [4.69, 9.17) is 43.1 Å². The number of aromatic nitrogens is 4. The van der Waals surface area contributed by atoms with Crippen LogP contribution in [0.15, 0.2) is 137 Å². The number of para-hydroxylation sites is 2. The van der Waals surface area contributed by atoms with Crippen LogP contribution in [0.4, 0.5) is 0 Å². The molecule has 1 atom stereocenters. The van der Waals surface area contributed by atoms with E-state index in [1.165, 1.54) is 22.6 Å². The first-order valence-electron chi connectivity index (χ1n) is 30.5. The van der Waals surface area contributed by atoms with E-state index in [2.05, 4.69) is 9.80 Å². The number of hydrogen-bond donors (Lipinski definition) is 0. The number of carbonyl (C=O) groups is 4. The highest BCUT2D eigenvalue weighted by Crippen LogP contribution is 2.31. The molecule has 0 bridgehead atoms. The van der Waals surface area contributed by atoms with Crippen LogP contribution in [0.5, 0.6) is 28.7 Å². The van der Waals surface area contributed by atoms with Crippen molar-refractivity contribution in [3.05, 3.63) is 193 Å². The molecule has 2 fully saturated rings. The number of benzene rings is 6. The first-order chi connectivity index (χ1) is 43.9. The van der Waals surface area contributed by atoms with Gasteiger partial charge < -0.3 is 33.2 Å². The minimum atomic E-state index is -0.393. The standard InChI is InChI=1S/C36H40N4O8.C33H34N4O5/c1-44-23-26-22-38(17-19-48-26)16-18-47-25-9-10-27-29(21-25)36(43)40(34(27)41)15-13-33-37-30-7-5-4-6-28(30)35(42)39(33)14-12-24-8-11-31(45-2)32(20-24)46-3;1-41-28-13-12-23(22-29(28)42-21-20-35-16-6-7-17-35)14-18-36-30(34-27-11-5-4-10-26(27)33(36)40)15-19-37-31(38)24-8-2-3-9-25(24)32(37)39/h4-11,20-21,26H,12-19,22-23H2,1-3H3;2-5,8-13,22H,6-7,14-21H2,1H3. The van der Waals surface area contributed by atoms with E-state index in [1.54, 1.807) is 104 Å². The van der Waals surface area contributed by atoms with Crippen molar-refractivity contribution in [1.82, 2.24) is 38.7 Å². The van der Waals surface area contributed by atoms with Gasteiger partial charge in [-0.25, -0.2) is 9.97 Å². The third-order valence-electron chi connectivity index (χ3n) is 16.9. The number of morpholine rings is 1. The fourth-order valence-electron chi connectivity index (χ4n) is 12.1. The quantitative estimate of drug-likeness (QED) is 0.0518. The van der Waals surface area contributed by atoms with E-state index in [1.807, 2.05) is 60.7 Å². The monoisotopic (exact) mass is 1220 g/mol. The molecule has 4 amide bonds. The van der Waals surface area contributed by atoms with Crippen LogP contribution in [0.3, 0.4) is 0 Å². The first-order valence-corrected chi connectivity index (χ1v) is 30.5. The number of carbonyl (C=O) groups excluding carboxylic acids is 4. The smallest absolute Gasteiger partial charge is 0.261 e. The third kappa shape index (κ3) is 13.9. The van der Waals surface area contributed by atoms with Crippen LogP contribution < -0.4 is 34.8 Å². The van der Waals surface area contributed by atoms with Crippen molar-refractivity contribution in [3.8, 4) is 28.7 Å². The van der Waals surface area contributed by atoms with Gasteiger partial charge in [0.25, 0.3) is 34.7 Å². The van der Waals surface area contributed by atoms with Crippen molar-refractivity contribution >= 4 is 45.4 Å². The summed E-state index contributed by atoms with van der Waals surface area (Å²) in [4.78, 5) is 96.7. The van der Waals surface area contributed by atoms with Crippen LogP contribution in [-0.4, -0.2) is 176 Å². The number of hydrogen-bond acceptors (Lipinski definition) is 17. The molecule has 4 aliphatic heterocycles. The lowest BCUT2D eigenvalue weighted by Gasteiger charge is -2.32. The number of nitrogens with zero attached hydrogens (tertiary/aromatic N) is 8. The van der Waals surface area contributed by atoms with E-state index >= 15 is 0 Å². The summed E-state index contributed by atoms with van der Waals surface area (Å²) in [5.41, 5.74) is 4.25. The summed E-state index contributed by atoms with van der Waals surface area (Å²) in [7, 11) is 6.45. The zero-order valence-electron chi connectivity index (χ0n) is 51.2. The number of ether oxygens (including phenoxy) is 7. The largest absolute Gasteiger partial charge is 0.493 e. The summed E-state index contributed by atoms with van der Waals surface area (Å²) in [6, 6.07) is 37.7. The Morgan fingerprint density at radius 3 is 1.53 bits per heavy atom. The Labute approximate surface area is 521 Å². The molecule has 8 aromatic rings. The van der Waals surface area contributed by atoms with E-state index in [9.17, 15) is 28.8 Å². The van der Waals surface area contributed by atoms with Crippen LogP contribution >= 0.6 is 0 Å². The van der Waals surface area contributed by atoms with Gasteiger partial charge in [-0.2, -0.15) is 0 Å². The molecule has 0 N–H and O–H groups in total. The van der Waals surface area contributed by atoms with Crippen LogP contribution in [-0.2, 0) is 48.2 Å². The second-order valence-electron chi connectivity index (χ2n) is 22.4. The Balaban J connectivity index is 0.000000187. The maximum absolute atomic E-state index is 13.7. The second-order valence-corrected chi connectivity index (χ2v) is 22.4. The van der Waals surface area contributed by atoms with Gasteiger partial charge in [0.05, 0.1) is 84.7 Å². The number of imide groups is 2. The Kier molecular flexibility index (Phi) is 20.0. The van der Waals surface area contributed by atoms with Crippen LogP contribution in [0.1, 0.15) is 77.0 Å². The summed E-state index contributed by atoms with van der Waals surface area (Å²) in [5, 5.41) is 1.04. The molecule has 12 rings (SSSR count). The minimum absolute atomic E-state index is 0.0375. The molecule has 21 nitrogen and oxygen atoms in total. The van der Waals surface area contributed by atoms with Gasteiger partial charge in [-0.1, -0.05) is 48.5 Å². The van der Waals surface area contributed by atoms with Gasteiger partial charge in [0.2, 0.25) is 0 Å². The number of methoxy groups -OCH3 is 4. The molecule has 2 aromatic heterocycles. The Hall–Kier alpha value is -9.28. The number of fused-ring (bicyclic) bond motifs is 4. The Bertz CT molecular complexity index is 4030. The molecule has 90 heavy (non-hydrogen) atoms. The normalized spacial score (nSPS) is 15.8. The zero-order chi connectivity index (χ0) is 62.7. The van der Waals surface area contributed by atoms with Crippen molar-refractivity contribution in [2.24, 2.45) is 0 Å². The van der Waals surface area contributed by atoms with Crippen molar-refractivity contribution in [1.29, 1.82) is 0 Å². The molecular weight excluding hydrogens is 1150 g/mol. The van der Waals surface area contributed by atoms with Crippen molar-refractivity contribution in [3.63, 3.8) is 0 Å². The maximum Gasteiger partial charge on any atom is 0.261 e.